The van der Waals surface area contributed by atoms with Gasteiger partial charge in [-0.3, -0.25) is 0 Å². The van der Waals surface area contributed by atoms with Crippen LogP contribution in [0.3, 0.4) is 0 Å². The van der Waals surface area contributed by atoms with E-state index in [1.807, 2.05) is 12.1 Å². The van der Waals surface area contributed by atoms with Crippen molar-refractivity contribution in [1.29, 1.82) is 0 Å². The Morgan fingerprint density at radius 1 is 1.05 bits per heavy atom. The second kappa shape index (κ2) is 5.10. The molecule has 0 bridgehead atoms. The van der Waals surface area contributed by atoms with Crippen molar-refractivity contribution in [2.24, 2.45) is 0 Å². The molecule has 1 atom stereocenters. The number of hydrogen-bond donors (Lipinski definition) is 1. The second-order valence-electron chi connectivity index (χ2n) is 4.96. The predicted octanol–water partition coefficient (Wildman–Crippen LogP) is 3.28. The number of methoxy groups -OCH3 is 2. The van der Waals surface area contributed by atoms with Crippen LogP contribution in [0, 0.1) is 0 Å². The first-order valence-corrected chi connectivity index (χ1v) is 6.71. The first-order chi connectivity index (χ1) is 9.31. The van der Waals surface area contributed by atoms with Gasteiger partial charge >= 0.3 is 0 Å². The molecule has 19 heavy (non-hydrogen) atoms. The minimum Gasteiger partial charge on any atom is -0.497 e. The molecule has 100 valence electrons. The fraction of sp³-hybridized carbons (Fsp3) is 0.375. The number of ether oxygens (including phenoxy) is 2. The van der Waals surface area contributed by atoms with Crippen molar-refractivity contribution < 1.29 is 9.47 Å². The number of rotatable bonds is 3. The third-order valence-corrected chi connectivity index (χ3v) is 3.83. The molecule has 1 aliphatic rings. The highest BCUT2D eigenvalue weighted by atomic mass is 16.5. The highest BCUT2D eigenvalue weighted by Crippen LogP contribution is 2.35. The lowest BCUT2D eigenvalue weighted by molar-refractivity contribution is 0.404. The van der Waals surface area contributed by atoms with Crippen molar-refractivity contribution in [3.8, 4) is 11.5 Å². The third kappa shape index (κ3) is 2.26. The average Bonchev–Trinajstić information content (AvgIpc) is 2.99. The van der Waals surface area contributed by atoms with Crippen LogP contribution in [-0.4, -0.2) is 20.8 Å². The Labute approximate surface area is 113 Å². The Bertz CT molecular complexity index is 589. The van der Waals surface area contributed by atoms with Gasteiger partial charge in [-0.25, -0.2) is 0 Å². The van der Waals surface area contributed by atoms with Crippen LogP contribution in [0.15, 0.2) is 30.3 Å². The van der Waals surface area contributed by atoms with Crippen LogP contribution in [0.2, 0.25) is 0 Å². The highest BCUT2D eigenvalue weighted by molar-refractivity contribution is 5.86. The van der Waals surface area contributed by atoms with E-state index in [2.05, 4.69) is 23.5 Å². The Balaban J connectivity index is 2.11. The first-order valence-electron chi connectivity index (χ1n) is 6.71. The molecular weight excluding hydrogens is 238 g/mol. The van der Waals surface area contributed by atoms with Crippen molar-refractivity contribution in [2.45, 2.75) is 18.9 Å². The summed E-state index contributed by atoms with van der Waals surface area (Å²) in [5.41, 5.74) is 1.26. The van der Waals surface area contributed by atoms with Crippen LogP contribution in [-0.2, 0) is 0 Å². The molecular formula is C16H19NO2. The van der Waals surface area contributed by atoms with Gasteiger partial charge < -0.3 is 14.8 Å². The molecule has 2 aromatic rings. The summed E-state index contributed by atoms with van der Waals surface area (Å²) in [6.45, 7) is 1.09. The smallest absolute Gasteiger partial charge is 0.124 e. The molecule has 1 heterocycles. The van der Waals surface area contributed by atoms with E-state index in [-0.39, 0.29) is 0 Å². The molecule has 1 fully saturated rings. The standard InChI is InChI=1S/C16H19NO2/c1-18-13-6-5-11-9-14(15-4-3-7-17-15)16(19-2)10-12(11)8-13/h5-6,8-10,15,17H,3-4,7H2,1-2H3. The Morgan fingerprint density at radius 2 is 1.95 bits per heavy atom. The fourth-order valence-electron chi connectivity index (χ4n) is 2.80. The summed E-state index contributed by atoms with van der Waals surface area (Å²) in [6, 6.07) is 10.9. The minimum atomic E-state index is 0.418. The van der Waals surface area contributed by atoms with Gasteiger partial charge in [-0.15, -0.1) is 0 Å². The SMILES string of the molecule is COc1ccc2cc(C3CCCN3)c(OC)cc2c1. The molecule has 0 aromatic heterocycles. The number of hydrogen-bond acceptors (Lipinski definition) is 3. The predicted molar refractivity (Wildman–Crippen MR) is 77.0 cm³/mol. The maximum absolute atomic E-state index is 5.56. The van der Waals surface area contributed by atoms with Gasteiger partial charge in [0.2, 0.25) is 0 Å². The number of fused-ring (bicyclic) bond motifs is 1. The summed E-state index contributed by atoms with van der Waals surface area (Å²) in [6.07, 6.45) is 2.41. The maximum atomic E-state index is 5.56. The fourth-order valence-corrected chi connectivity index (χ4v) is 2.80. The van der Waals surface area contributed by atoms with Gasteiger partial charge in [0.1, 0.15) is 11.5 Å². The average molecular weight is 257 g/mol. The molecule has 1 saturated heterocycles. The lowest BCUT2D eigenvalue weighted by atomic mass is 9.99. The molecule has 3 heteroatoms. The Kier molecular flexibility index (Phi) is 3.30. The van der Waals surface area contributed by atoms with Gasteiger partial charge in [-0.05, 0) is 54.4 Å². The van der Waals surface area contributed by atoms with Crippen LogP contribution in [0.25, 0.3) is 10.8 Å². The summed E-state index contributed by atoms with van der Waals surface area (Å²) in [5.74, 6) is 1.83. The van der Waals surface area contributed by atoms with E-state index >= 15 is 0 Å². The molecule has 1 aliphatic heterocycles. The molecule has 3 nitrogen and oxygen atoms in total. The van der Waals surface area contributed by atoms with Crippen LogP contribution in [0.5, 0.6) is 11.5 Å². The first kappa shape index (κ1) is 12.3. The van der Waals surface area contributed by atoms with E-state index in [9.17, 15) is 0 Å². The topological polar surface area (TPSA) is 30.5 Å². The molecule has 3 rings (SSSR count). The van der Waals surface area contributed by atoms with E-state index in [1.165, 1.54) is 23.8 Å². The van der Waals surface area contributed by atoms with Gasteiger partial charge in [0.25, 0.3) is 0 Å². The zero-order valence-electron chi connectivity index (χ0n) is 11.4. The van der Waals surface area contributed by atoms with E-state index in [4.69, 9.17) is 9.47 Å². The van der Waals surface area contributed by atoms with Gasteiger partial charge in [0.15, 0.2) is 0 Å². The summed E-state index contributed by atoms with van der Waals surface area (Å²) in [5, 5.41) is 5.91. The zero-order chi connectivity index (χ0) is 13.2. The molecule has 0 radical (unpaired) electrons. The minimum absolute atomic E-state index is 0.418. The van der Waals surface area contributed by atoms with Crippen LogP contribution in [0.1, 0.15) is 24.4 Å². The Morgan fingerprint density at radius 3 is 2.63 bits per heavy atom. The number of benzene rings is 2. The van der Waals surface area contributed by atoms with Crippen molar-refractivity contribution in [2.75, 3.05) is 20.8 Å². The molecule has 1 unspecified atom stereocenters. The van der Waals surface area contributed by atoms with Gasteiger partial charge in [0.05, 0.1) is 14.2 Å². The Hall–Kier alpha value is -1.74. The second-order valence-corrected chi connectivity index (χ2v) is 4.96. The summed E-state index contributed by atoms with van der Waals surface area (Å²) >= 11 is 0. The molecule has 1 N–H and O–H groups in total. The highest BCUT2D eigenvalue weighted by Gasteiger charge is 2.20. The quantitative estimate of drug-likeness (QED) is 0.915. The van der Waals surface area contributed by atoms with Gasteiger partial charge in [-0.2, -0.15) is 0 Å². The molecule has 0 amide bonds. The molecule has 0 saturated carbocycles. The monoisotopic (exact) mass is 257 g/mol. The van der Waals surface area contributed by atoms with Crippen molar-refractivity contribution >= 4 is 10.8 Å². The normalized spacial score (nSPS) is 18.7. The van der Waals surface area contributed by atoms with Crippen LogP contribution in [0.4, 0.5) is 0 Å². The molecule has 0 aliphatic carbocycles. The van der Waals surface area contributed by atoms with Gasteiger partial charge in [-0.1, -0.05) is 6.07 Å². The van der Waals surface area contributed by atoms with E-state index < -0.39 is 0 Å². The van der Waals surface area contributed by atoms with Crippen LogP contribution >= 0.6 is 0 Å². The summed E-state index contributed by atoms with van der Waals surface area (Å²) in [4.78, 5) is 0. The van der Waals surface area contributed by atoms with E-state index in [0.717, 1.165) is 23.4 Å². The summed E-state index contributed by atoms with van der Waals surface area (Å²) < 4.78 is 10.8. The maximum Gasteiger partial charge on any atom is 0.124 e. The lowest BCUT2D eigenvalue weighted by Gasteiger charge is -2.16. The third-order valence-electron chi connectivity index (χ3n) is 3.83. The van der Waals surface area contributed by atoms with Crippen molar-refractivity contribution in [3.05, 3.63) is 35.9 Å². The lowest BCUT2D eigenvalue weighted by Crippen LogP contribution is -2.13. The van der Waals surface area contributed by atoms with E-state index in [1.54, 1.807) is 14.2 Å². The zero-order valence-corrected chi connectivity index (χ0v) is 11.4. The summed E-state index contributed by atoms with van der Waals surface area (Å²) in [7, 11) is 3.43. The van der Waals surface area contributed by atoms with Crippen LogP contribution < -0.4 is 14.8 Å². The molecule has 2 aromatic carbocycles. The molecule has 0 spiro atoms. The number of nitrogens with one attached hydrogen (secondary N) is 1. The largest absolute Gasteiger partial charge is 0.497 e. The van der Waals surface area contributed by atoms with Crippen molar-refractivity contribution in [3.63, 3.8) is 0 Å². The van der Waals surface area contributed by atoms with E-state index in [0.29, 0.717) is 6.04 Å². The van der Waals surface area contributed by atoms with Gasteiger partial charge in [0, 0.05) is 11.6 Å². The van der Waals surface area contributed by atoms with Crippen molar-refractivity contribution in [1.82, 2.24) is 5.32 Å².